The SMILES string of the molecule is Cc1nc(S(=O)(=O)NCCC(=O)OCC(=O)NC(=O)NC2CCCCC2C)cn1C. The van der Waals surface area contributed by atoms with Crippen LogP contribution in [0.3, 0.4) is 0 Å². The maximum Gasteiger partial charge on any atom is 0.321 e. The number of hydrogen-bond acceptors (Lipinski definition) is 7. The predicted molar refractivity (Wildman–Crippen MR) is 107 cm³/mol. The lowest BCUT2D eigenvalue weighted by Gasteiger charge is -2.29. The number of urea groups is 1. The summed E-state index contributed by atoms with van der Waals surface area (Å²) in [5.41, 5.74) is 0. The van der Waals surface area contributed by atoms with E-state index in [1.807, 2.05) is 0 Å². The molecule has 2 atom stereocenters. The van der Waals surface area contributed by atoms with Gasteiger partial charge in [0.25, 0.3) is 15.9 Å². The van der Waals surface area contributed by atoms with Crippen molar-refractivity contribution in [2.75, 3.05) is 13.2 Å². The zero-order chi connectivity index (χ0) is 22.3. The zero-order valence-electron chi connectivity index (χ0n) is 17.4. The fourth-order valence-corrected chi connectivity index (χ4v) is 4.20. The van der Waals surface area contributed by atoms with E-state index in [2.05, 4.69) is 27.3 Å². The highest BCUT2D eigenvalue weighted by molar-refractivity contribution is 7.89. The summed E-state index contributed by atoms with van der Waals surface area (Å²) in [6, 6.07) is -0.599. The highest BCUT2D eigenvalue weighted by atomic mass is 32.2. The Bertz CT molecular complexity index is 862. The molecular weight excluding hydrogens is 414 g/mol. The lowest BCUT2D eigenvalue weighted by molar-refractivity contribution is -0.148. The predicted octanol–water partition coefficient (Wildman–Crippen LogP) is 0.345. The summed E-state index contributed by atoms with van der Waals surface area (Å²) in [4.78, 5) is 39.3. The van der Waals surface area contributed by atoms with Gasteiger partial charge in [0.1, 0.15) is 5.82 Å². The number of imidazole rings is 1. The van der Waals surface area contributed by atoms with Crippen molar-refractivity contribution >= 4 is 27.9 Å². The topological polar surface area (TPSA) is 148 Å². The fraction of sp³-hybridized carbons (Fsp3) is 0.667. The van der Waals surface area contributed by atoms with Gasteiger partial charge in [-0.25, -0.2) is 22.9 Å². The summed E-state index contributed by atoms with van der Waals surface area (Å²) >= 11 is 0. The van der Waals surface area contributed by atoms with Gasteiger partial charge in [0.15, 0.2) is 11.6 Å². The molecule has 11 nitrogen and oxygen atoms in total. The number of esters is 1. The van der Waals surface area contributed by atoms with Gasteiger partial charge in [-0.1, -0.05) is 19.8 Å². The lowest BCUT2D eigenvalue weighted by atomic mass is 9.86. The molecule has 30 heavy (non-hydrogen) atoms. The van der Waals surface area contributed by atoms with Gasteiger partial charge in [0.2, 0.25) is 0 Å². The Morgan fingerprint density at radius 1 is 1.27 bits per heavy atom. The summed E-state index contributed by atoms with van der Waals surface area (Å²) < 4.78 is 32.8. The Kier molecular flexibility index (Phi) is 8.35. The second kappa shape index (κ2) is 10.5. The minimum Gasteiger partial charge on any atom is -0.456 e. The molecule has 3 N–H and O–H groups in total. The molecule has 12 heteroatoms. The number of ether oxygens (including phenoxy) is 1. The van der Waals surface area contributed by atoms with E-state index in [-0.39, 0.29) is 24.0 Å². The monoisotopic (exact) mass is 443 g/mol. The first-order valence-corrected chi connectivity index (χ1v) is 11.3. The number of sulfonamides is 1. The Hall–Kier alpha value is -2.47. The van der Waals surface area contributed by atoms with E-state index in [1.54, 1.807) is 18.5 Å². The van der Waals surface area contributed by atoms with E-state index in [9.17, 15) is 22.8 Å². The number of amides is 3. The Balaban J connectivity index is 1.66. The molecule has 1 aromatic rings. The van der Waals surface area contributed by atoms with Gasteiger partial charge in [-0.05, 0) is 25.7 Å². The molecule has 0 aliphatic heterocycles. The van der Waals surface area contributed by atoms with Crippen molar-refractivity contribution in [3.05, 3.63) is 12.0 Å². The first-order chi connectivity index (χ1) is 14.1. The fourth-order valence-electron chi connectivity index (χ4n) is 3.13. The van der Waals surface area contributed by atoms with Crippen molar-refractivity contribution in [3.8, 4) is 0 Å². The number of nitrogens with one attached hydrogen (secondary N) is 3. The summed E-state index contributed by atoms with van der Waals surface area (Å²) in [5.74, 6) is -0.654. The molecule has 0 bridgehead atoms. The quantitative estimate of drug-likeness (QED) is 0.491. The number of aryl methyl sites for hydroxylation is 2. The van der Waals surface area contributed by atoms with E-state index < -0.39 is 34.5 Å². The van der Waals surface area contributed by atoms with E-state index in [0.29, 0.717) is 11.7 Å². The van der Waals surface area contributed by atoms with Crippen molar-refractivity contribution in [3.63, 3.8) is 0 Å². The van der Waals surface area contributed by atoms with Crippen LogP contribution in [0.2, 0.25) is 0 Å². The molecular formula is C18H29N5O6S. The zero-order valence-corrected chi connectivity index (χ0v) is 18.3. The van der Waals surface area contributed by atoms with Crippen LogP contribution in [-0.2, 0) is 31.4 Å². The minimum atomic E-state index is -3.85. The van der Waals surface area contributed by atoms with Gasteiger partial charge in [-0.2, -0.15) is 0 Å². The van der Waals surface area contributed by atoms with E-state index >= 15 is 0 Å². The summed E-state index contributed by atoms with van der Waals surface area (Å²) in [7, 11) is -2.18. The first-order valence-electron chi connectivity index (χ1n) is 9.84. The van der Waals surface area contributed by atoms with Crippen LogP contribution in [0.25, 0.3) is 0 Å². The van der Waals surface area contributed by atoms with Crippen LogP contribution in [-0.4, -0.2) is 55.1 Å². The first kappa shape index (κ1) is 23.8. The van der Waals surface area contributed by atoms with Crippen molar-refractivity contribution in [2.45, 2.75) is 57.0 Å². The highest BCUT2D eigenvalue weighted by Crippen LogP contribution is 2.23. The van der Waals surface area contributed by atoms with Crippen LogP contribution < -0.4 is 15.4 Å². The number of carbonyl (C=O) groups is 3. The van der Waals surface area contributed by atoms with Gasteiger partial charge in [-0.15, -0.1) is 0 Å². The average Bonchev–Trinajstić information content (AvgIpc) is 3.01. The van der Waals surface area contributed by atoms with Crippen molar-refractivity contribution in [1.29, 1.82) is 0 Å². The van der Waals surface area contributed by atoms with Crippen LogP contribution in [0.4, 0.5) is 4.79 Å². The van der Waals surface area contributed by atoms with Gasteiger partial charge in [0, 0.05) is 25.8 Å². The highest BCUT2D eigenvalue weighted by Gasteiger charge is 2.23. The van der Waals surface area contributed by atoms with Crippen molar-refractivity contribution < 1.29 is 27.5 Å². The van der Waals surface area contributed by atoms with Crippen LogP contribution in [0, 0.1) is 12.8 Å². The number of aromatic nitrogens is 2. The number of rotatable bonds is 8. The maximum absolute atomic E-state index is 12.1. The second-order valence-electron chi connectivity index (χ2n) is 7.44. The van der Waals surface area contributed by atoms with Crippen molar-refractivity contribution in [1.82, 2.24) is 24.9 Å². The number of hydrogen-bond donors (Lipinski definition) is 3. The third kappa shape index (κ3) is 7.10. The van der Waals surface area contributed by atoms with E-state index in [4.69, 9.17) is 4.74 Å². The Morgan fingerprint density at radius 3 is 2.60 bits per heavy atom. The molecule has 2 unspecified atom stereocenters. The molecule has 168 valence electrons. The maximum atomic E-state index is 12.1. The summed E-state index contributed by atoms with van der Waals surface area (Å²) in [6.07, 6.45) is 5.15. The van der Waals surface area contributed by atoms with Gasteiger partial charge in [-0.3, -0.25) is 14.9 Å². The lowest BCUT2D eigenvalue weighted by Crippen LogP contribution is -2.48. The van der Waals surface area contributed by atoms with E-state index in [0.717, 1.165) is 25.7 Å². The average molecular weight is 444 g/mol. The summed E-state index contributed by atoms with van der Waals surface area (Å²) in [6.45, 7) is 2.88. The number of imide groups is 1. The second-order valence-corrected chi connectivity index (χ2v) is 9.15. The largest absolute Gasteiger partial charge is 0.456 e. The third-order valence-corrected chi connectivity index (χ3v) is 6.36. The molecule has 1 saturated carbocycles. The molecule has 3 amide bonds. The molecule has 2 rings (SSSR count). The van der Waals surface area contributed by atoms with Crippen LogP contribution >= 0.6 is 0 Å². The third-order valence-electron chi connectivity index (χ3n) is 5.03. The number of carbonyl (C=O) groups excluding carboxylic acids is 3. The molecule has 1 heterocycles. The molecule has 0 radical (unpaired) electrons. The summed E-state index contributed by atoms with van der Waals surface area (Å²) in [5, 5.41) is 4.74. The molecule has 1 aromatic heterocycles. The molecule has 1 aliphatic carbocycles. The number of nitrogens with zero attached hydrogens (tertiary/aromatic N) is 2. The van der Waals surface area contributed by atoms with Gasteiger partial charge >= 0.3 is 12.0 Å². The molecule has 0 saturated heterocycles. The van der Waals surface area contributed by atoms with Crippen LogP contribution in [0.5, 0.6) is 0 Å². The Labute approximate surface area is 176 Å². The van der Waals surface area contributed by atoms with E-state index in [1.165, 1.54) is 6.20 Å². The van der Waals surface area contributed by atoms with Crippen LogP contribution in [0.1, 0.15) is 44.9 Å². The standard InChI is InChI=1S/C18H29N5O6S/c1-12-6-4-5-7-14(12)21-18(26)22-15(24)11-29-17(25)8-9-19-30(27,28)16-10-23(3)13(2)20-16/h10,12,14,19H,4-9,11H2,1-3H3,(H2,21,22,24,26). The molecule has 0 spiro atoms. The van der Waals surface area contributed by atoms with Gasteiger partial charge in [0.05, 0.1) is 6.42 Å². The molecule has 1 aliphatic rings. The molecule has 0 aromatic carbocycles. The Morgan fingerprint density at radius 2 is 1.97 bits per heavy atom. The van der Waals surface area contributed by atoms with Crippen LogP contribution in [0.15, 0.2) is 11.2 Å². The molecule has 1 fully saturated rings. The smallest absolute Gasteiger partial charge is 0.321 e. The van der Waals surface area contributed by atoms with Crippen molar-refractivity contribution in [2.24, 2.45) is 13.0 Å². The van der Waals surface area contributed by atoms with Gasteiger partial charge < -0.3 is 14.6 Å². The minimum absolute atomic E-state index is 0.0185. The normalized spacial score (nSPS) is 19.2.